The number of aromatic nitrogens is 4. The molecule has 0 saturated carbocycles. The highest BCUT2D eigenvalue weighted by molar-refractivity contribution is 5.78. The minimum absolute atomic E-state index is 0.0211. The second kappa shape index (κ2) is 7.60. The second-order valence-electron chi connectivity index (χ2n) is 5.75. The van der Waals surface area contributed by atoms with Crippen LogP contribution in [0.3, 0.4) is 0 Å². The van der Waals surface area contributed by atoms with E-state index in [1.807, 2.05) is 6.92 Å². The van der Waals surface area contributed by atoms with E-state index in [4.69, 9.17) is 4.52 Å². The molecule has 0 atom stereocenters. The van der Waals surface area contributed by atoms with Crippen LogP contribution < -0.4 is 5.32 Å². The number of hydrogen-bond donors (Lipinski definition) is 1. The molecule has 1 aromatic carbocycles. The molecule has 1 N–H and O–H groups in total. The van der Waals surface area contributed by atoms with Gasteiger partial charge in [0.2, 0.25) is 17.6 Å². The van der Waals surface area contributed by atoms with E-state index in [1.54, 1.807) is 17.1 Å². The largest absolute Gasteiger partial charge is 0.416 e. The predicted octanol–water partition coefficient (Wildman–Crippen LogP) is 2.83. The molecule has 0 aliphatic rings. The van der Waals surface area contributed by atoms with Crippen LogP contribution in [0.4, 0.5) is 13.2 Å². The fourth-order valence-corrected chi connectivity index (χ4v) is 2.38. The summed E-state index contributed by atoms with van der Waals surface area (Å²) in [5.41, 5.74) is 0.157. The van der Waals surface area contributed by atoms with Gasteiger partial charge in [-0.05, 0) is 18.6 Å². The van der Waals surface area contributed by atoms with Crippen molar-refractivity contribution in [2.75, 3.05) is 0 Å². The molecule has 2 aromatic heterocycles. The lowest BCUT2D eigenvalue weighted by Gasteiger charge is -2.08. The lowest BCUT2D eigenvalue weighted by atomic mass is 10.1. The Morgan fingerprint density at radius 1 is 1.33 bits per heavy atom. The molecule has 3 rings (SSSR count). The van der Waals surface area contributed by atoms with Gasteiger partial charge in [0, 0.05) is 12.7 Å². The van der Waals surface area contributed by atoms with E-state index in [0.29, 0.717) is 17.9 Å². The maximum atomic E-state index is 12.7. The number of amides is 1. The topological polar surface area (TPSA) is 85.8 Å². The van der Waals surface area contributed by atoms with Gasteiger partial charge in [0.15, 0.2) is 0 Å². The molecule has 142 valence electrons. The highest BCUT2D eigenvalue weighted by Gasteiger charge is 2.30. The number of halogens is 3. The van der Waals surface area contributed by atoms with Gasteiger partial charge in [-0.1, -0.05) is 23.4 Å². The molecule has 1 amide bonds. The molecule has 0 unspecified atom stereocenters. The fourth-order valence-electron chi connectivity index (χ4n) is 2.38. The minimum atomic E-state index is -4.45. The van der Waals surface area contributed by atoms with Crippen molar-refractivity contribution >= 4 is 5.91 Å². The van der Waals surface area contributed by atoms with Crippen LogP contribution in [0.1, 0.15) is 23.9 Å². The van der Waals surface area contributed by atoms with Crippen LogP contribution in [-0.2, 0) is 30.5 Å². The van der Waals surface area contributed by atoms with E-state index >= 15 is 0 Å². The van der Waals surface area contributed by atoms with Gasteiger partial charge >= 0.3 is 6.18 Å². The summed E-state index contributed by atoms with van der Waals surface area (Å²) >= 11 is 0. The first kappa shape index (κ1) is 18.6. The summed E-state index contributed by atoms with van der Waals surface area (Å²) in [7, 11) is 0. The first-order valence-corrected chi connectivity index (χ1v) is 8.13. The number of carbonyl (C=O) groups is 1. The molecule has 0 saturated heterocycles. The van der Waals surface area contributed by atoms with E-state index in [-0.39, 0.29) is 24.4 Å². The third-order valence-corrected chi connectivity index (χ3v) is 3.74. The zero-order valence-corrected chi connectivity index (χ0v) is 14.3. The number of benzene rings is 1. The minimum Gasteiger partial charge on any atom is -0.347 e. The summed E-state index contributed by atoms with van der Waals surface area (Å²) in [6.45, 7) is 2.63. The van der Waals surface area contributed by atoms with Gasteiger partial charge in [0.1, 0.15) is 0 Å². The van der Waals surface area contributed by atoms with E-state index < -0.39 is 17.6 Å². The number of carbonyl (C=O) groups excluding carboxylic acids is 1. The van der Waals surface area contributed by atoms with Crippen molar-refractivity contribution in [2.24, 2.45) is 0 Å². The zero-order valence-electron chi connectivity index (χ0n) is 14.3. The number of rotatable bonds is 6. The summed E-state index contributed by atoms with van der Waals surface area (Å²) in [4.78, 5) is 16.1. The van der Waals surface area contributed by atoms with Crippen LogP contribution in [0.2, 0.25) is 0 Å². The monoisotopic (exact) mass is 379 g/mol. The van der Waals surface area contributed by atoms with Crippen LogP contribution in [0.5, 0.6) is 0 Å². The van der Waals surface area contributed by atoms with E-state index in [9.17, 15) is 18.0 Å². The molecule has 27 heavy (non-hydrogen) atoms. The Kier molecular flexibility index (Phi) is 5.24. The maximum absolute atomic E-state index is 12.7. The second-order valence-corrected chi connectivity index (χ2v) is 5.75. The Hall–Kier alpha value is -3.17. The van der Waals surface area contributed by atoms with Gasteiger partial charge in [0.25, 0.3) is 0 Å². The SMILES string of the molecule is CCn1cc(-c2noc(CNC(=O)Cc3cccc(C(F)(F)F)c3)n2)cn1. The number of nitrogens with one attached hydrogen (secondary N) is 1. The highest BCUT2D eigenvalue weighted by atomic mass is 19.4. The Morgan fingerprint density at radius 3 is 2.85 bits per heavy atom. The fraction of sp³-hybridized carbons (Fsp3) is 0.294. The smallest absolute Gasteiger partial charge is 0.347 e. The normalized spacial score (nSPS) is 11.6. The van der Waals surface area contributed by atoms with Gasteiger partial charge in [-0.2, -0.15) is 23.3 Å². The number of alkyl halides is 3. The first-order valence-electron chi connectivity index (χ1n) is 8.13. The van der Waals surface area contributed by atoms with Crippen LogP contribution in [-0.4, -0.2) is 25.8 Å². The van der Waals surface area contributed by atoms with Crippen molar-refractivity contribution in [1.29, 1.82) is 0 Å². The van der Waals surface area contributed by atoms with Crippen molar-refractivity contribution in [3.05, 3.63) is 53.7 Å². The van der Waals surface area contributed by atoms with Crippen molar-refractivity contribution in [2.45, 2.75) is 32.6 Å². The van der Waals surface area contributed by atoms with Gasteiger partial charge in [-0.3, -0.25) is 9.48 Å². The van der Waals surface area contributed by atoms with Crippen molar-refractivity contribution in [1.82, 2.24) is 25.2 Å². The molecule has 2 heterocycles. The van der Waals surface area contributed by atoms with Crippen LogP contribution in [0, 0.1) is 0 Å². The number of nitrogens with zero attached hydrogens (tertiary/aromatic N) is 4. The molecule has 0 aliphatic carbocycles. The van der Waals surface area contributed by atoms with Gasteiger partial charge < -0.3 is 9.84 Å². The molecule has 3 aromatic rings. The summed E-state index contributed by atoms with van der Waals surface area (Å²) in [5, 5.41) is 10.5. The van der Waals surface area contributed by atoms with Gasteiger partial charge in [-0.15, -0.1) is 0 Å². The Bertz CT molecular complexity index is 933. The highest BCUT2D eigenvalue weighted by Crippen LogP contribution is 2.29. The molecule has 0 aliphatic heterocycles. The van der Waals surface area contributed by atoms with E-state index in [1.165, 1.54) is 12.1 Å². The van der Waals surface area contributed by atoms with Crippen LogP contribution in [0.25, 0.3) is 11.4 Å². The number of hydrogen-bond acceptors (Lipinski definition) is 5. The lowest BCUT2D eigenvalue weighted by molar-refractivity contribution is -0.137. The zero-order chi connectivity index (χ0) is 19.4. The van der Waals surface area contributed by atoms with Crippen molar-refractivity contribution in [3.63, 3.8) is 0 Å². The van der Waals surface area contributed by atoms with Crippen molar-refractivity contribution < 1.29 is 22.5 Å². The van der Waals surface area contributed by atoms with Crippen LogP contribution in [0.15, 0.2) is 41.2 Å². The molecular formula is C17H16F3N5O2. The third kappa shape index (κ3) is 4.72. The summed E-state index contributed by atoms with van der Waals surface area (Å²) in [6.07, 6.45) is -1.27. The Labute approximate surface area is 152 Å². The predicted molar refractivity (Wildman–Crippen MR) is 88.2 cm³/mol. The lowest BCUT2D eigenvalue weighted by Crippen LogP contribution is -2.24. The standard InChI is InChI=1S/C17H16F3N5O2/c1-2-25-10-12(8-22-25)16-23-15(27-24-16)9-21-14(26)7-11-4-3-5-13(6-11)17(18,19)20/h3-6,8,10H,2,7,9H2,1H3,(H,21,26). The molecule has 0 spiro atoms. The molecule has 7 nitrogen and oxygen atoms in total. The molecule has 0 fully saturated rings. The van der Waals surface area contributed by atoms with Crippen LogP contribution >= 0.6 is 0 Å². The van der Waals surface area contributed by atoms with Gasteiger partial charge in [-0.25, -0.2) is 0 Å². The quantitative estimate of drug-likeness (QED) is 0.712. The molecule has 0 radical (unpaired) electrons. The van der Waals surface area contributed by atoms with E-state index in [0.717, 1.165) is 12.1 Å². The molecule has 10 heteroatoms. The third-order valence-electron chi connectivity index (χ3n) is 3.74. The first-order chi connectivity index (χ1) is 12.8. The van der Waals surface area contributed by atoms with E-state index in [2.05, 4.69) is 20.6 Å². The Balaban J connectivity index is 1.57. The number of aryl methyl sites for hydroxylation is 1. The van der Waals surface area contributed by atoms with Gasteiger partial charge in [0.05, 0.1) is 30.3 Å². The molecule has 0 bridgehead atoms. The Morgan fingerprint density at radius 2 is 2.15 bits per heavy atom. The average Bonchev–Trinajstić information content (AvgIpc) is 3.28. The summed E-state index contributed by atoms with van der Waals surface area (Å²) in [5.74, 6) is 0.0799. The van der Waals surface area contributed by atoms with Crippen molar-refractivity contribution in [3.8, 4) is 11.4 Å². The molecular weight excluding hydrogens is 363 g/mol. The average molecular weight is 379 g/mol. The maximum Gasteiger partial charge on any atom is 0.416 e. The summed E-state index contributed by atoms with van der Waals surface area (Å²) in [6, 6.07) is 4.65. The summed E-state index contributed by atoms with van der Waals surface area (Å²) < 4.78 is 44.9.